The van der Waals surface area contributed by atoms with E-state index in [0.29, 0.717) is 17.9 Å². The third-order valence-corrected chi connectivity index (χ3v) is 4.39. The molecule has 1 aromatic carbocycles. The standard InChI is InChI=1S/C16H24N2O/c1-5-15(19)18-14-8-6-7-13(11(14)2)17-12(3)16(4)9-10-16/h6-8,12,17H,5,9-10H2,1-4H3,(H,18,19). The van der Waals surface area contributed by atoms with E-state index in [4.69, 9.17) is 0 Å². The van der Waals surface area contributed by atoms with Crippen LogP contribution in [0.4, 0.5) is 11.4 Å². The smallest absolute Gasteiger partial charge is 0.224 e. The highest BCUT2D eigenvalue weighted by atomic mass is 16.1. The fraction of sp³-hybridized carbons (Fsp3) is 0.562. The van der Waals surface area contributed by atoms with Gasteiger partial charge in [0.05, 0.1) is 0 Å². The van der Waals surface area contributed by atoms with Gasteiger partial charge in [-0.1, -0.05) is 19.9 Å². The molecular formula is C16H24N2O. The third kappa shape index (κ3) is 3.09. The van der Waals surface area contributed by atoms with Crippen molar-refractivity contribution in [1.82, 2.24) is 0 Å². The van der Waals surface area contributed by atoms with Gasteiger partial charge in [-0.3, -0.25) is 4.79 Å². The molecule has 1 unspecified atom stereocenters. The lowest BCUT2D eigenvalue weighted by atomic mass is 10.00. The van der Waals surface area contributed by atoms with Crippen LogP contribution in [0, 0.1) is 12.3 Å². The molecule has 0 saturated heterocycles. The maximum Gasteiger partial charge on any atom is 0.224 e. The van der Waals surface area contributed by atoms with E-state index in [-0.39, 0.29) is 5.91 Å². The van der Waals surface area contributed by atoms with Crippen LogP contribution in [-0.2, 0) is 4.79 Å². The van der Waals surface area contributed by atoms with E-state index in [1.165, 1.54) is 12.8 Å². The normalized spacial score (nSPS) is 17.7. The van der Waals surface area contributed by atoms with Gasteiger partial charge in [0.15, 0.2) is 0 Å². The molecule has 0 aliphatic heterocycles. The van der Waals surface area contributed by atoms with Crippen LogP contribution in [0.25, 0.3) is 0 Å². The Morgan fingerprint density at radius 1 is 1.37 bits per heavy atom. The molecule has 1 atom stereocenters. The van der Waals surface area contributed by atoms with E-state index in [9.17, 15) is 4.79 Å². The van der Waals surface area contributed by atoms with Gasteiger partial charge in [-0.25, -0.2) is 0 Å². The van der Waals surface area contributed by atoms with Gasteiger partial charge in [0, 0.05) is 23.8 Å². The summed E-state index contributed by atoms with van der Waals surface area (Å²) in [4.78, 5) is 11.5. The molecule has 3 heteroatoms. The van der Waals surface area contributed by atoms with E-state index in [2.05, 4.69) is 37.5 Å². The van der Waals surface area contributed by atoms with Crippen LogP contribution in [0.3, 0.4) is 0 Å². The molecule has 19 heavy (non-hydrogen) atoms. The minimum Gasteiger partial charge on any atom is -0.382 e. The largest absolute Gasteiger partial charge is 0.382 e. The van der Waals surface area contributed by atoms with E-state index in [1.54, 1.807) is 0 Å². The Bertz CT molecular complexity index is 478. The third-order valence-electron chi connectivity index (χ3n) is 4.39. The van der Waals surface area contributed by atoms with Crippen molar-refractivity contribution in [2.45, 2.75) is 53.0 Å². The first-order valence-corrected chi connectivity index (χ1v) is 7.12. The Balaban J connectivity index is 2.13. The van der Waals surface area contributed by atoms with Gasteiger partial charge >= 0.3 is 0 Å². The summed E-state index contributed by atoms with van der Waals surface area (Å²) in [7, 11) is 0. The monoisotopic (exact) mass is 260 g/mol. The lowest BCUT2D eigenvalue weighted by molar-refractivity contribution is -0.115. The van der Waals surface area contributed by atoms with Crippen molar-refractivity contribution >= 4 is 17.3 Å². The summed E-state index contributed by atoms with van der Waals surface area (Å²) in [6.45, 7) is 8.48. The van der Waals surface area contributed by atoms with Gasteiger partial charge < -0.3 is 10.6 Å². The van der Waals surface area contributed by atoms with Gasteiger partial charge in [-0.2, -0.15) is 0 Å². The Kier molecular flexibility index (Phi) is 3.83. The van der Waals surface area contributed by atoms with Gasteiger partial charge in [0.1, 0.15) is 0 Å². The lowest BCUT2D eigenvalue weighted by Crippen LogP contribution is -2.25. The lowest BCUT2D eigenvalue weighted by Gasteiger charge is -2.23. The summed E-state index contributed by atoms with van der Waals surface area (Å²) in [5.74, 6) is 0.0578. The minimum atomic E-state index is 0.0578. The SMILES string of the molecule is CCC(=O)Nc1cccc(NC(C)C2(C)CC2)c1C. The number of hydrogen-bond donors (Lipinski definition) is 2. The number of benzene rings is 1. The Morgan fingerprint density at radius 2 is 2.00 bits per heavy atom. The minimum absolute atomic E-state index is 0.0578. The predicted octanol–water partition coefficient (Wildman–Crippen LogP) is 3.94. The number of carbonyl (C=O) groups is 1. The van der Waals surface area contributed by atoms with Crippen molar-refractivity contribution in [3.63, 3.8) is 0 Å². The Morgan fingerprint density at radius 3 is 2.58 bits per heavy atom. The second-order valence-electron chi connectivity index (χ2n) is 5.90. The summed E-state index contributed by atoms with van der Waals surface area (Å²) in [6, 6.07) is 6.49. The highest BCUT2D eigenvalue weighted by Gasteiger charge is 2.42. The maximum absolute atomic E-state index is 11.5. The van der Waals surface area contributed by atoms with Crippen LogP contribution >= 0.6 is 0 Å². The number of amides is 1. The molecule has 0 radical (unpaired) electrons. The second kappa shape index (κ2) is 5.24. The van der Waals surface area contributed by atoms with Crippen molar-refractivity contribution in [2.24, 2.45) is 5.41 Å². The Labute approximate surface area is 115 Å². The van der Waals surface area contributed by atoms with Crippen molar-refractivity contribution in [2.75, 3.05) is 10.6 Å². The molecule has 1 saturated carbocycles. The van der Waals surface area contributed by atoms with Crippen molar-refractivity contribution in [3.05, 3.63) is 23.8 Å². The number of hydrogen-bond acceptors (Lipinski definition) is 2. The molecule has 2 rings (SSSR count). The maximum atomic E-state index is 11.5. The van der Waals surface area contributed by atoms with Crippen LogP contribution in [0.5, 0.6) is 0 Å². The van der Waals surface area contributed by atoms with E-state index in [0.717, 1.165) is 16.9 Å². The molecule has 1 aliphatic rings. The molecule has 1 aliphatic carbocycles. The zero-order valence-corrected chi connectivity index (χ0v) is 12.3. The molecule has 0 aromatic heterocycles. The van der Waals surface area contributed by atoms with Gasteiger partial charge in [0.2, 0.25) is 5.91 Å². The highest BCUT2D eigenvalue weighted by molar-refractivity contribution is 5.92. The molecule has 104 valence electrons. The van der Waals surface area contributed by atoms with Crippen LogP contribution in [-0.4, -0.2) is 11.9 Å². The van der Waals surface area contributed by atoms with Crippen LogP contribution in [0.15, 0.2) is 18.2 Å². The topological polar surface area (TPSA) is 41.1 Å². The summed E-state index contributed by atoms with van der Waals surface area (Å²) >= 11 is 0. The quantitative estimate of drug-likeness (QED) is 0.841. The number of rotatable bonds is 5. The summed E-state index contributed by atoms with van der Waals surface area (Å²) in [6.07, 6.45) is 3.10. The molecule has 1 fully saturated rings. The molecule has 1 aromatic rings. The van der Waals surface area contributed by atoms with Crippen LogP contribution in [0.1, 0.15) is 45.6 Å². The van der Waals surface area contributed by atoms with Crippen molar-refractivity contribution in [1.29, 1.82) is 0 Å². The highest BCUT2D eigenvalue weighted by Crippen LogP contribution is 2.49. The average molecular weight is 260 g/mol. The molecule has 2 N–H and O–H groups in total. The van der Waals surface area contributed by atoms with Gasteiger partial charge in [0.25, 0.3) is 0 Å². The summed E-state index contributed by atoms with van der Waals surface area (Å²) < 4.78 is 0. The first-order chi connectivity index (χ1) is 8.96. The molecule has 0 spiro atoms. The Hall–Kier alpha value is -1.51. The zero-order valence-electron chi connectivity index (χ0n) is 12.3. The molecular weight excluding hydrogens is 236 g/mol. The number of anilines is 2. The summed E-state index contributed by atoms with van der Waals surface area (Å²) in [5, 5.41) is 6.54. The fourth-order valence-corrected chi connectivity index (χ4v) is 2.20. The first-order valence-electron chi connectivity index (χ1n) is 7.12. The second-order valence-corrected chi connectivity index (χ2v) is 5.90. The van der Waals surface area contributed by atoms with E-state index in [1.807, 2.05) is 19.1 Å². The molecule has 1 amide bonds. The molecule has 3 nitrogen and oxygen atoms in total. The fourth-order valence-electron chi connectivity index (χ4n) is 2.20. The zero-order chi connectivity index (χ0) is 14.0. The van der Waals surface area contributed by atoms with Gasteiger partial charge in [-0.15, -0.1) is 0 Å². The predicted molar refractivity (Wildman–Crippen MR) is 80.5 cm³/mol. The van der Waals surface area contributed by atoms with Crippen LogP contribution < -0.4 is 10.6 Å². The van der Waals surface area contributed by atoms with E-state index < -0.39 is 0 Å². The van der Waals surface area contributed by atoms with E-state index >= 15 is 0 Å². The number of nitrogens with one attached hydrogen (secondary N) is 2. The average Bonchev–Trinajstić information content (AvgIpc) is 3.13. The van der Waals surface area contributed by atoms with Crippen molar-refractivity contribution < 1.29 is 4.79 Å². The molecule has 0 heterocycles. The number of carbonyl (C=O) groups excluding carboxylic acids is 1. The first kappa shape index (κ1) is 13.9. The summed E-state index contributed by atoms with van der Waals surface area (Å²) in [5.41, 5.74) is 3.58. The molecule has 0 bridgehead atoms. The van der Waals surface area contributed by atoms with Gasteiger partial charge in [-0.05, 0) is 49.8 Å². The van der Waals surface area contributed by atoms with Crippen LogP contribution in [0.2, 0.25) is 0 Å². The van der Waals surface area contributed by atoms with Crippen molar-refractivity contribution in [3.8, 4) is 0 Å².